The van der Waals surface area contributed by atoms with Crippen molar-refractivity contribution in [2.24, 2.45) is 15.4 Å². The molecule has 0 amide bonds. The molecule has 128 valence electrons. The van der Waals surface area contributed by atoms with Crippen LogP contribution < -0.4 is 0 Å². The molecule has 0 unspecified atom stereocenters. The Bertz CT molecular complexity index is 902. The third-order valence-corrected chi connectivity index (χ3v) is 4.43. The number of hydrogen-bond donors (Lipinski definition) is 0. The van der Waals surface area contributed by atoms with E-state index in [0.717, 1.165) is 22.8 Å². The molecule has 0 N–H and O–H groups in total. The van der Waals surface area contributed by atoms with E-state index in [0.29, 0.717) is 0 Å². The SMILES string of the molecule is CC(C)=C1C(c2ccccc2C)=NC(C(C)(C)C)=Nc2ccccc21. The van der Waals surface area contributed by atoms with E-state index in [1.54, 1.807) is 0 Å². The van der Waals surface area contributed by atoms with E-state index >= 15 is 0 Å². The molecule has 0 atom stereocenters. The van der Waals surface area contributed by atoms with Gasteiger partial charge in [0.25, 0.3) is 0 Å². The molecule has 2 nitrogen and oxygen atoms in total. The third-order valence-electron chi connectivity index (χ3n) is 4.43. The lowest BCUT2D eigenvalue weighted by molar-refractivity contribution is 0.586. The second-order valence-electron chi connectivity index (χ2n) is 7.85. The molecule has 2 aromatic carbocycles. The van der Waals surface area contributed by atoms with Gasteiger partial charge in [-0.2, -0.15) is 0 Å². The van der Waals surface area contributed by atoms with E-state index in [1.807, 2.05) is 6.07 Å². The van der Waals surface area contributed by atoms with Crippen molar-refractivity contribution >= 4 is 22.8 Å². The highest BCUT2D eigenvalue weighted by Crippen LogP contribution is 2.37. The van der Waals surface area contributed by atoms with Crippen LogP contribution in [0.25, 0.3) is 5.57 Å². The molecule has 25 heavy (non-hydrogen) atoms. The average Bonchev–Trinajstić information content (AvgIpc) is 2.71. The molecule has 2 heteroatoms. The van der Waals surface area contributed by atoms with Gasteiger partial charge in [-0.15, -0.1) is 0 Å². The van der Waals surface area contributed by atoms with Crippen LogP contribution in [-0.2, 0) is 0 Å². The maximum absolute atomic E-state index is 5.10. The Kier molecular flexibility index (Phi) is 4.47. The lowest BCUT2D eigenvalue weighted by Crippen LogP contribution is -2.20. The second-order valence-corrected chi connectivity index (χ2v) is 7.85. The van der Waals surface area contributed by atoms with Gasteiger partial charge in [-0.3, -0.25) is 0 Å². The lowest BCUT2D eigenvalue weighted by atomic mass is 9.89. The zero-order valence-corrected chi connectivity index (χ0v) is 16.0. The van der Waals surface area contributed by atoms with Crippen molar-refractivity contribution in [1.29, 1.82) is 0 Å². The molecular formula is C23H26N2. The minimum atomic E-state index is -0.127. The maximum atomic E-state index is 5.10. The van der Waals surface area contributed by atoms with Crippen molar-refractivity contribution in [3.63, 3.8) is 0 Å². The first-order valence-electron chi connectivity index (χ1n) is 8.80. The molecule has 1 aliphatic heterocycles. The number of amidine groups is 1. The fraction of sp³-hybridized carbons (Fsp3) is 0.304. The van der Waals surface area contributed by atoms with Crippen LogP contribution in [0.5, 0.6) is 0 Å². The minimum Gasteiger partial charge on any atom is -0.232 e. The van der Waals surface area contributed by atoms with Crippen LogP contribution in [0.3, 0.4) is 0 Å². The van der Waals surface area contributed by atoms with Gasteiger partial charge in [-0.1, -0.05) is 68.8 Å². The largest absolute Gasteiger partial charge is 0.232 e. The summed E-state index contributed by atoms with van der Waals surface area (Å²) in [5.74, 6) is 0.870. The number of allylic oxidation sites excluding steroid dienone is 2. The van der Waals surface area contributed by atoms with Gasteiger partial charge >= 0.3 is 0 Å². The van der Waals surface area contributed by atoms with E-state index in [4.69, 9.17) is 9.98 Å². The Hall–Kier alpha value is -2.48. The van der Waals surface area contributed by atoms with Gasteiger partial charge in [-0.25, -0.2) is 9.98 Å². The predicted molar refractivity (Wildman–Crippen MR) is 109 cm³/mol. The van der Waals surface area contributed by atoms with E-state index in [1.165, 1.54) is 22.3 Å². The normalized spacial score (nSPS) is 14.4. The van der Waals surface area contributed by atoms with Crippen LogP contribution in [0.4, 0.5) is 5.69 Å². The molecule has 0 fully saturated rings. The Morgan fingerprint density at radius 1 is 0.800 bits per heavy atom. The van der Waals surface area contributed by atoms with Gasteiger partial charge in [0.15, 0.2) is 0 Å². The first-order valence-corrected chi connectivity index (χ1v) is 8.80. The fourth-order valence-electron chi connectivity index (χ4n) is 3.09. The first-order chi connectivity index (χ1) is 11.8. The monoisotopic (exact) mass is 330 g/mol. The number of rotatable bonds is 1. The van der Waals surface area contributed by atoms with Crippen LogP contribution >= 0.6 is 0 Å². The summed E-state index contributed by atoms with van der Waals surface area (Å²) in [6.45, 7) is 13.0. The highest BCUT2D eigenvalue weighted by atomic mass is 15.0. The summed E-state index contributed by atoms with van der Waals surface area (Å²) >= 11 is 0. The Labute approximate surface area is 151 Å². The van der Waals surface area contributed by atoms with Gasteiger partial charge in [0.1, 0.15) is 5.84 Å². The highest BCUT2D eigenvalue weighted by molar-refractivity contribution is 6.36. The molecule has 0 saturated heterocycles. The standard InChI is InChI=1S/C23H26N2/c1-15(2)20-18-13-9-10-14-19(18)24-22(23(4,5)6)25-21(20)17-12-8-7-11-16(17)3/h7-14H,1-6H3. The van der Waals surface area contributed by atoms with Crippen molar-refractivity contribution in [2.45, 2.75) is 41.5 Å². The average molecular weight is 330 g/mol. The van der Waals surface area contributed by atoms with Crippen LogP contribution in [0.1, 0.15) is 51.3 Å². The topological polar surface area (TPSA) is 24.7 Å². The van der Waals surface area contributed by atoms with Gasteiger partial charge in [0.05, 0.1) is 11.4 Å². The van der Waals surface area contributed by atoms with E-state index in [-0.39, 0.29) is 5.41 Å². The van der Waals surface area contributed by atoms with Crippen molar-refractivity contribution in [2.75, 3.05) is 0 Å². The van der Waals surface area contributed by atoms with E-state index in [9.17, 15) is 0 Å². The van der Waals surface area contributed by atoms with Crippen molar-refractivity contribution in [3.8, 4) is 0 Å². The second kappa shape index (κ2) is 6.44. The molecule has 0 saturated carbocycles. The van der Waals surface area contributed by atoms with Crippen LogP contribution in [0, 0.1) is 12.3 Å². The molecule has 0 aromatic heterocycles. The molecule has 0 aliphatic carbocycles. The molecule has 1 aliphatic rings. The minimum absolute atomic E-state index is 0.127. The predicted octanol–water partition coefficient (Wildman–Crippen LogP) is 6.37. The third kappa shape index (κ3) is 3.34. The molecule has 1 heterocycles. The van der Waals surface area contributed by atoms with Crippen molar-refractivity contribution in [3.05, 3.63) is 70.8 Å². The summed E-state index contributed by atoms with van der Waals surface area (Å²) < 4.78 is 0. The lowest BCUT2D eigenvalue weighted by Gasteiger charge is -2.19. The maximum Gasteiger partial charge on any atom is 0.135 e. The van der Waals surface area contributed by atoms with Crippen LogP contribution in [0.15, 0.2) is 64.1 Å². The molecule has 3 rings (SSSR count). The summed E-state index contributed by atoms with van der Waals surface area (Å²) in [6, 6.07) is 16.8. The summed E-state index contributed by atoms with van der Waals surface area (Å²) in [4.78, 5) is 10.0. The van der Waals surface area contributed by atoms with Gasteiger partial charge in [0.2, 0.25) is 0 Å². The molecule has 0 radical (unpaired) electrons. The van der Waals surface area contributed by atoms with Gasteiger partial charge < -0.3 is 0 Å². The van der Waals surface area contributed by atoms with Crippen molar-refractivity contribution in [1.82, 2.24) is 0 Å². The van der Waals surface area contributed by atoms with Crippen molar-refractivity contribution < 1.29 is 0 Å². The molecule has 0 bridgehead atoms. The Balaban J connectivity index is 2.39. The van der Waals surface area contributed by atoms with Gasteiger partial charge in [-0.05, 0) is 32.4 Å². The number of aryl methyl sites for hydroxylation is 1. The highest BCUT2D eigenvalue weighted by Gasteiger charge is 2.26. The molecule has 2 aromatic rings. The van der Waals surface area contributed by atoms with Crippen LogP contribution in [0.2, 0.25) is 0 Å². The Morgan fingerprint density at radius 2 is 1.40 bits per heavy atom. The van der Waals surface area contributed by atoms with Gasteiger partial charge in [0, 0.05) is 22.1 Å². The summed E-state index contributed by atoms with van der Waals surface area (Å²) in [5, 5.41) is 0. The molecule has 0 spiro atoms. The smallest absolute Gasteiger partial charge is 0.135 e. The van der Waals surface area contributed by atoms with E-state index in [2.05, 4.69) is 84.0 Å². The number of benzene rings is 2. The number of para-hydroxylation sites is 1. The summed E-state index contributed by atoms with van der Waals surface area (Å²) in [5.41, 5.74) is 7.89. The Morgan fingerprint density at radius 3 is 2.00 bits per heavy atom. The fourth-order valence-corrected chi connectivity index (χ4v) is 3.09. The number of hydrogen-bond acceptors (Lipinski definition) is 2. The number of aliphatic imine (C=N–C) groups is 2. The first kappa shape index (κ1) is 17.3. The quantitative estimate of drug-likeness (QED) is 0.580. The summed E-state index contributed by atoms with van der Waals surface area (Å²) in [7, 11) is 0. The summed E-state index contributed by atoms with van der Waals surface area (Å²) in [6.07, 6.45) is 0. The number of nitrogens with zero attached hydrogens (tertiary/aromatic N) is 2. The molecular weight excluding hydrogens is 304 g/mol. The number of fused-ring (bicyclic) bond motifs is 1. The van der Waals surface area contributed by atoms with Crippen LogP contribution in [-0.4, -0.2) is 11.5 Å². The van der Waals surface area contributed by atoms with E-state index < -0.39 is 0 Å². The zero-order chi connectivity index (χ0) is 18.2. The zero-order valence-electron chi connectivity index (χ0n) is 16.0.